The van der Waals surface area contributed by atoms with E-state index in [1.54, 1.807) is 48.5 Å². The molecule has 200 valence electrons. The summed E-state index contributed by atoms with van der Waals surface area (Å²) in [6.45, 7) is 1.18. The second-order valence-corrected chi connectivity index (χ2v) is 10.9. The van der Waals surface area contributed by atoms with Gasteiger partial charge in [-0.3, -0.25) is 24.0 Å². The number of carbonyl (C=O) groups excluding carboxylic acids is 2. The largest absolute Gasteiger partial charge is 0.353 e. The number of non-ortho nitro benzene ring substituents is 1. The van der Waals surface area contributed by atoms with Crippen molar-refractivity contribution in [2.45, 2.75) is 11.8 Å². The van der Waals surface area contributed by atoms with E-state index in [1.807, 2.05) is 31.2 Å². The molecule has 1 heterocycles. The van der Waals surface area contributed by atoms with Gasteiger partial charge in [-0.05, 0) is 36.8 Å². The second kappa shape index (κ2) is 10.6. The maximum absolute atomic E-state index is 14.0. The van der Waals surface area contributed by atoms with Gasteiger partial charge in [-0.25, -0.2) is 8.42 Å². The number of Topliss-reactive ketones (excluding diaryl/α,β-unsaturated/α-hetero) is 2. The lowest BCUT2D eigenvalue weighted by atomic mass is 10.0. The number of para-hydroxylation sites is 1. The second-order valence-electron chi connectivity index (χ2n) is 9.09. The average molecular weight is 554 g/mol. The lowest BCUT2D eigenvalue weighted by molar-refractivity contribution is -0.384. The van der Waals surface area contributed by atoms with Crippen molar-refractivity contribution in [3.63, 3.8) is 0 Å². The third kappa shape index (κ3) is 4.87. The molecule has 4 aromatic carbocycles. The van der Waals surface area contributed by atoms with Gasteiger partial charge < -0.3 is 5.32 Å². The van der Waals surface area contributed by atoms with Gasteiger partial charge in [0.15, 0.2) is 5.78 Å². The molecule has 0 spiro atoms. The van der Waals surface area contributed by atoms with E-state index in [1.165, 1.54) is 30.3 Å². The lowest BCUT2D eigenvalue weighted by Gasteiger charge is -2.33. The molecule has 1 aliphatic heterocycles. The fourth-order valence-electron chi connectivity index (χ4n) is 4.47. The molecule has 0 bridgehead atoms. The number of nitrogens with zero attached hydrogens (tertiary/aromatic N) is 2. The van der Waals surface area contributed by atoms with Crippen LogP contribution in [0.2, 0.25) is 0 Å². The molecule has 1 aliphatic rings. The minimum absolute atomic E-state index is 0.0628. The summed E-state index contributed by atoms with van der Waals surface area (Å²) in [5, 5.41) is 14.3. The van der Waals surface area contributed by atoms with Crippen molar-refractivity contribution in [2.75, 3.05) is 11.9 Å². The summed E-state index contributed by atoms with van der Waals surface area (Å²) in [5.41, 5.74) is 1.95. The van der Waals surface area contributed by atoms with Gasteiger partial charge in [-0.2, -0.15) is 0 Å². The standard InChI is InChI=1S/C30H23N3O6S/c1-20-9-5-7-13-25(20)31-28-24-12-6-8-14-27(24)40(38,39)32(29(28)30(35)22-10-3-2-4-11-22)19-26(34)21-15-17-23(18-16-21)33(36)37/h2-18,31H,19H2,1H3. The van der Waals surface area contributed by atoms with Crippen LogP contribution in [0.5, 0.6) is 0 Å². The van der Waals surface area contributed by atoms with Crippen LogP contribution in [-0.4, -0.2) is 35.8 Å². The number of nitro benzene ring substituents is 1. The number of ketones is 2. The zero-order valence-corrected chi connectivity index (χ0v) is 22.1. The van der Waals surface area contributed by atoms with Crippen molar-refractivity contribution in [2.24, 2.45) is 0 Å². The van der Waals surface area contributed by atoms with Crippen LogP contribution >= 0.6 is 0 Å². The molecule has 4 aromatic rings. The highest BCUT2D eigenvalue weighted by molar-refractivity contribution is 7.89. The SMILES string of the molecule is Cc1ccccc1NC1=C(C(=O)c2ccccc2)N(CC(=O)c2ccc([N+](=O)[O-])cc2)S(=O)(=O)c2ccccc21. The van der Waals surface area contributed by atoms with E-state index >= 15 is 0 Å². The minimum atomic E-state index is -4.36. The summed E-state index contributed by atoms with van der Waals surface area (Å²) in [4.78, 5) is 37.8. The average Bonchev–Trinajstić information content (AvgIpc) is 2.97. The third-order valence-electron chi connectivity index (χ3n) is 6.55. The van der Waals surface area contributed by atoms with Gasteiger partial charge in [0.05, 0.1) is 22.1 Å². The molecule has 0 aliphatic carbocycles. The summed E-state index contributed by atoms with van der Waals surface area (Å²) in [6.07, 6.45) is 0. The summed E-state index contributed by atoms with van der Waals surface area (Å²) in [7, 11) is -4.36. The number of hydrogen-bond acceptors (Lipinski definition) is 7. The van der Waals surface area contributed by atoms with Crippen LogP contribution in [-0.2, 0) is 10.0 Å². The molecule has 10 heteroatoms. The number of benzene rings is 4. The Bertz CT molecular complexity index is 1780. The zero-order chi connectivity index (χ0) is 28.4. The molecular weight excluding hydrogens is 530 g/mol. The third-order valence-corrected chi connectivity index (χ3v) is 8.36. The number of fused-ring (bicyclic) bond motifs is 1. The van der Waals surface area contributed by atoms with Crippen LogP contribution in [0.3, 0.4) is 0 Å². The maximum atomic E-state index is 14.0. The molecular formula is C30H23N3O6S. The maximum Gasteiger partial charge on any atom is 0.269 e. The first-order valence-corrected chi connectivity index (χ1v) is 13.7. The molecule has 0 saturated heterocycles. The first kappa shape index (κ1) is 26.5. The van der Waals surface area contributed by atoms with Gasteiger partial charge in [0.25, 0.3) is 15.7 Å². The van der Waals surface area contributed by atoms with E-state index in [0.717, 1.165) is 9.87 Å². The van der Waals surface area contributed by atoms with Gasteiger partial charge in [-0.1, -0.05) is 66.7 Å². The predicted octanol–water partition coefficient (Wildman–Crippen LogP) is 5.45. The summed E-state index contributed by atoms with van der Waals surface area (Å²) in [6, 6.07) is 26.7. The van der Waals surface area contributed by atoms with Crippen LogP contribution < -0.4 is 5.32 Å². The Balaban J connectivity index is 1.71. The number of allylic oxidation sites excluding steroid dienone is 1. The Morgan fingerprint density at radius 2 is 1.45 bits per heavy atom. The van der Waals surface area contributed by atoms with Crippen molar-refractivity contribution < 1.29 is 22.9 Å². The molecule has 0 amide bonds. The van der Waals surface area contributed by atoms with Crippen LogP contribution in [0.1, 0.15) is 31.8 Å². The number of hydrogen-bond donors (Lipinski definition) is 1. The Morgan fingerprint density at radius 1 is 0.825 bits per heavy atom. The number of anilines is 1. The first-order chi connectivity index (χ1) is 19.2. The summed E-state index contributed by atoms with van der Waals surface area (Å²) in [5.74, 6) is -1.22. The zero-order valence-electron chi connectivity index (χ0n) is 21.3. The number of carbonyl (C=O) groups is 2. The van der Waals surface area contributed by atoms with Crippen molar-refractivity contribution >= 4 is 38.7 Å². The van der Waals surface area contributed by atoms with Crippen molar-refractivity contribution in [3.05, 3.63) is 141 Å². The van der Waals surface area contributed by atoms with Crippen LogP contribution in [0.4, 0.5) is 11.4 Å². The monoisotopic (exact) mass is 553 g/mol. The fourth-order valence-corrected chi connectivity index (χ4v) is 6.11. The van der Waals surface area contributed by atoms with E-state index in [-0.39, 0.29) is 33.1 Å². The van der Waals surface area contributed by atoms with Crippen LogP contribution in [0, 0.1) is 17.0 Å². The van der Waals surface area contributed by atoms with Crippen LogP contribution in [0.15, 0.2) is 114 Å². The number of aryl methyl sites for hydroxylation is 1. The predicted molar refractivity (Wildman–Crippen MR) is 150 cm³/mol. The number of sulfonamides is 1. The van der Waals surface area contributed by atoms with Gasteiger partial charge >= 0.3 is 0 Å². The molecule has 1 N–H and O–H groups in total. The lowest BCUT2D eigenvalue weighted by Crippen LogP contribution is -2.42. The molecule has 0 radical (unpaired) electrons. The fraction of sp³-hybridized carbons (Fsp3) is 0.0667. The first-order valence-electron chi connectivity index (χ1n) is 12.2. The highest BCUT2D eigenvalue weighted by Gasteiger charge is 2.41. The van der Waals surface area contributed by atoms with E-state index in [4.69, 9.17) is 0 Å². The molecule has 9 nitrogen and oxygen atoms in total. The summed E-state index contributed by atoms with van der Waals surface area (Å²) < 4.78 is 28.8. The topological polar surface area (TPSA) is 127 Å². The highest BCUT2D eigenvalue weighted by atomic mass is 32.2. The van der Waals surface area contributed by atoms with Crippen molar-refractivity contribution in [1.82, 2.24) is 4.31 Å². The molecule has 0 unspecified atom stereocenters. The molecule has 0 saturated carbocycles. The van der Waals surface area contributed by atoms with Gasteiger partial charge in [0.2, 0.25) is 5.78 Å². The van der Waals surface area contributed by atoms with E-state index in [9.17, 15) is 28.1 Å². The number of nitro groups is 1. The minimum Gasteiger partial charge on any atom is -0.353 e. The van der Waals surface area contributed by atoms with E-state index in [2.05, 4.69) is 5.32 Å². The van der Waals surface area contributed by atoms with E-state index < -0.39 is 33.1 Å². The molecule has 5 rings (SSSR count). The summed E-state index contributed by atoms with van der Waals surface area (Å²) >= 11 is 0. The van der Waals surface area contributed by atoms with E-state index in [0.29, 0.717) is 11.3 Å². The molecule has 40 heavy (non-hydrogen) atoms. The highest BCUT2D eigenvalue weighted by Crippen LogP contribution is 2.39. The molecule has 0 aromatic heterocycles. The number of rotatable bonds is 8. The van der Waals surface area contributed by atoms with Crippen molar-refractivity contribution in [1.29, 1.82) is 0 Å². The van der Waals surface area contributed by atoms with Crippen LogP contribution in [0.25, 0.3) is 5.70 Å². The Labute approximate surface area is 230 Å². The Kier molecular flexibility index (Phi) is 7.02. The van der Waals surface area contributed by atoms with Gasteiger partial charge in [-0.15, -0.1) is 0 Å². The van der Waals surface area contributed by atoms with Gasteiger partial charge in [0.1, 0.15) is 5.70 Å². The smallest absolute Gasteiger partial charge is 0.269 e. The number of nitrogens with one attached hydrogen (secondary N) is 1. The molecule has 0 atom stereocenters. The quantitative estimate of drug-likeness (QED) is 0.175. The molecule has 0 fully saturated rings. The van der Waals surface area contributed by atoms with Gasteiger partial charge in [0, 0.05) is 34.5 Å². The normalized spacial score (nSPS) is 13.9. The Hall–Kier alpha value is -5.09. The van der Waals surface area contributed by atoms with Crippen molar-refractivity contribution in [3.8, 4) is 0 Å². The Morgan fingerprint density at radius 3 is 2.12 bits per heavy atom.